The lowest BCUT2D eigenvalue weighted by atomic mass is 10.1. The minimum absolute atomic E-state index is 0.0261. The summed E-state index contributed by atoms with van der Waals surface area (Å²) in [5.41, 5.74) is 0.732. The summed E-state index contributed by atoms with van der Waals surface area (Å²) >= 11 is 0. The first-order chi connectivity index (χ1) is 7.09. The zero-order valence-electron chi connectivity index (χ0n) is 8.36. The second-order valence-electron chi connectivity index (χ2n) is 3.09. The third kappa shape index (κ3) is 3.76. The van der Waals surface area contributed by atoms with Crippen molar-refractivity contribution in [3.05, 3.63) is 23.9 Å². The number of carbonyl (C=O) groups excluding carboxylic acids is 1. The summed E-state index contributed by atoms with van der Waals surface area (Å²) in [4.78, 5) is 25.2. The summed E-state index contributed by atoms with van der Waals surface area (Å²) in [5.74, 6) is -0.649. The number of aliphatic carboxylic acids is 1. The van der Waals surface area contributed by atoms with Crippen LogP contribution in [0.15, 0.2) is 18.3 Å². The van der Waals surface area contributed by atoms with Gasteiger partial charge in [0.1, 0.15) is 5.82 Å². The number of aromatic nitrogens is 1. The van der Waals surface area contributed by atoms with Crippen molar-refractivity contribution < 1.29 is 14.7 Å². The Morgan fingerprint density at radius 1 is 1.53 bits per heavy atom. The van der Waals surface area contributed by atoms with Crippen LogP contribution in [-0.4, -0.2) is 22.0 Å². The number of amides is 1. The van der Waals surface area contributed by atoms with Gasteiger partial charge in [-0.1, -0.05) is 6.07 Å². The van der Waals surface area contributed by atoms with E-state index in [1.807, 2.05) is 0 Å². The maximum Gasteiger partial charge on any atom is 0.303 e. The fourth-order valence-corrected chi connectivity index (χ4v) is 1.16. The number of hydrogen-bond acceptors (Lipinski definition) is 3. The molecule has 0 aliphatic heterocycles. The quantitative estimate of drug-likeness (QED) is 0.775. The largest absolute Gasteiger partial charge is 0.481 e. The maximum atomic E-state index is 10.8. The highest BCUT2D eigenvalue weighted by atomic mass is 16.4. The summed E-state index contributed by atoms with van der Waals surface area (Å²) in [7, 11) is 0. The monoisotopic (exact) mass is 208 g/mol. The van der Waals surface area contributed by atoms with Crippen LogP contribution in [0.1, 0.15) is 18.9 Å². The summed E-state index contributed by atoms with van der Waals surface area (Å²) in [6, 6.07) is 3.46. The zero-order valence-corrected chi connectivity index (χ0v) is 8.36. The van der Waals surface area contributed by atoms with E-state index >= 15 is 0 Å². The Kier molecular flexibility index (Phi) is 3.79. The van der Waals surface area contributed by atoms with Crippen LogP contribution in [0.5, 0.6) is 0 Å². The Balaban J connectivity index is 2.76. The molecule has 0 saturated heterocycles. The normalized spacial score (nSPS) is 9.67. The van der Waals surface area contributed by atoms with Crippen molar-refractivity contribution in [3.8, 4) is 0 Å². The highest BCUT2D eigenvalue weighted by Crippen LogP contribution is 2.13. The highest BCUT2D eigenvalue weighted by Gasteiger charge is 2.06. The number of carbonyl (C=O) groups is 2. The Morgan fingerprint density at radius 3 is 2.87 bits per heavy atom. The first-order valence-corrected chi connectivity index (χ1v) is 4.53. The van der Waals surface area contributed by atoms with E-state index in [9.17, 15) is 9.59 Å². The van der Waals surface area contributed by atoms with Gasteiger partial charge in [0.15, 0.2) is 0 Å². The van der Waals surface area contributed by atoms with Gasteiger partial charge >= 0.3 is 5.97 Å². The Morgan fingerprint density at radius 2 is 2.27 bits per heavy atom. The lowest BCUT2D eigenvalue weighted by molar-refractivity contribution is -0.136. The number of carboxylic acid groups (broad SMARTS) is 1. The van der Waals surface area contributed by atoms with Gasteiger partial charge in [-0.25, -0.2) is 4.98 Å². The molecule has 1 aromatic heterocycles. The van der Waals surface area contributed by atoms with Crippen molar-refractivity contribution in [3.63, 3.8) is 0 Å². The molecule has 0 spiro atoms. The van der Waals surface area contributed by atoms with Gasteiger partial charge in [0, 0.05) is 19.5 Å². The van der Waals surface area contributed by atoms with Gasteiger partial charge < -0.3 is 10.4 Å². The van der Waals surface area contributed by atoms with Crippen LogP contribution in [0, 0.1) is 0 Å². The number of rotatable bonds is 4. The molecule has 0 bridgehead atoms. The van der Waals surface area contributed by atoms with Gasteiger partial charge in [-0.15, -0.1) is 0 Å². The molecular weight excluding hydrogens is 196 g/mol. The van der Waals surface area contributed by atoms with E-state index in [0.717, 1.165) is 5.56 Å². The van der Waals surface area contributed by atoms with E-state index in [-0.39, 0.29) is 12.3 Å². The molecule has 5 nitrogen and oxygen atoms in total. The molecule has 0 aliphatic carbocycles. The number of carboxylic acids is 1. The van der Waals surface area contributed by atoms with Crippen molar-refractivity contribution >= 4 is 17.7 Å². The predicted octanol–water partition coefficient (Wildman–Crippen LogP) is 1.06. The number of aryl methyl sites for hydroxylation is 1. The fourth-order valence-electron chi connectivity index (χ4n) is 1.16. The Bertz CT molecular complexity index is 377. The number of nitrogens with zero attached hydrogens (tertiary/aromatic N) is 1. The third-order valence-electron chi connectivity index (χ3n) is 1.79. The maximum absolute atomic E-state index is 10.8. The molecular formula is C10H12N2O3. The van der Waals surface area contributed by atoms with Gasteiger partial charge in [0.25, 0.3) is 0 Å². The van der Waals surface area contributed by atoms with Crippen LogP contribution in [0.3, 0.4) is 0 Å². The standard InChI is InChI=1S/C10H12N2O3/c1-7(13)12-10-8(3-2-6-11-10)4-5-9(14)15/h2-3,6H,4-5H2,1H3,(H,14,15)(H,11,12,13). The topological polar surface area (TPSA) is 79.3 Å². The van der Waals surface area contributed by atoms with Crippen molar-refractivity contribution in [2.45, 2.75) is 19.8 Å². The van der Waals surface area contributed by atoms with Crippen LogP contribution in [0.4, 0.5) is 5.82 Å². The fraction of sp³-hybridized carbons (Fsp3) is 0.300. The van der Waals surface area contributed by atoms with E-state index in [1.165, 1.54) is 6.92 Å². The van der Waals surface area contributed by atoms with Crippen molar-refractivity contribution in [2.24, 2.45) is 0 Å². The highest BCUT2D eigenvalue weighted by molar-refractivity contribution is 5.88. The number of pyridine rings is 1. The molecule has 0 radical (unpaired) electrons. The van der Waals surface area contributed by atoms with Crippen LogP contribution >= 0.6 is 0 Å². The molecule has 1 heterocycles. The molecule has 1 aromatic rings. The zero-order chi connectivity index (χ0) is 11.3. The number of nitrogens with one attached hydrogen (secondary N) is 1. The smallest absolute Gasteiger partial charge is 0.303 e. The van der Waals surface area contributed by atoms with Crippen molar-refractivity contribution in [2.75, 3.05) is 5.32 Å². The number of anilines is 1. The van der Waals surface area contributed by atoms with Gasteiger partial charge in [-0.3, -0.25) is 9.59 Å². The SMILES string of the molecule is CC(=O)Nc1ncccc1CCC(=O)O. The molecule has 0 fully saturated rings. The molecule has 0 aliphatic rings. The Labute approximate surface area is 87.1 Å². The van der Waals surface area contributed by atoms with Crippen LogP contribution in [-0.2, 0) is 16.0 Å². The molecule has 0 unspecified atom stereocenters. The minimum Gasteiger partial charge on any atom is -0.481 e. The second-order valence-corrected chi connectivity index (χ2v) is 3.09. The van der Waals surface area contributed by atoms with Crippen LogP contribution in [0.25, 0.3) is 0 Å². The average Bonchev–Trinajstić information content (AvgIpc) is 2.15. The third-order valence-corrected chi connectivity index (χ3v) is 1.79. The van der Waals surface area contributed by atoms with E-state index in [4.69, 9.17) is 5.11 Å². The number of hydrogen-bond donors (Lipinski definition) is 2. The first kappa shape index (κ1) is 11.2. The van der Waals surface area contributed by atoms with E-state index in [0.29, 0.717) is 12.2 Å². The second kappa shape index (κ2) is 5.09. The lowest BCUT2D eigenvalue weighted by Crippen LogP contribution is -2.10. The van der Waals surface area contributed by atoms with Gasteiger partial charge in [-0.05, 0) is 18.1 Å². The molecule has 5 heteroatoms. The molecule has 0 atom stereocenters. The molecule has 80 valence electrons. The average molecular weight is 208 g/mol. The van der Waals surface area contributed by atoms with Gasteiger partial charge in [0.05, 0.1) is 0 Å². The van der Waals surface area contributed by atoms with Crippen LogP contribution < -0.4 is 5.32 Å². The molecule has 0 saturated carbocycles. The molecule has 15 heavy (non-hydrogen) atoms. The van der Waals surface area contributed by atoms with Gasteiger partial charge in [0.2, 0.25) is 5.91 Å². The summed E-state index contributed by atoms with van der Waals surface area (Å²) in [6.07, 6.45) is 1.94. The van der Waals surface area contributed by atoms with E-state index in [2.05, 4.69) is 10.3 Å². The summed E-state index contributed by atoms with van der Waals surface area (Å²) in [6.45, 7) is 1.38. The molecule has 1 rings (SSSR count). The summed E-state index contributed by atoms with van der Waals surface area (Å²) < 4.78 is 0. The molecule has 1 amide bonds. The summed E-state index contributed by atoms with van der Waals surface area (Å²) in [5, 5.41) is 11.1. The van der Waals surface area contributed by atoms with Crippen molar-refractivity contribution in [1.29, 1.82) is 0 Å². The van der Waals surface area contributed by atoms with Gasteiger partial charge in [-0.2, -0.15) is 0 Å². The predicted molar refractivity (Wildman–Crippen MR) is 54.5 cm³/mol. The first-order valence-electron chi connectivity index (χ1n) is 4.53. The van der Waals surface area contributed by atoms with E-state index in [1.54, 1.807) is 18.3 Å². The minimum atomic E-state index is -0.868. The van der Waals surface area contributed by atoms with Crippen LogP contribution in [0.2, 0.25) is 0 Å². The molecule has 2 N–H and O–H groups in total. The van der Waals surface area contributed by atoms with Crippen molar-refractivity contribution in [1.82, 2.24) is 4.98 Å². The van der Waals surface area contributed by atoms with E-state index < -0.39 is 5.97 Å². The molecule has 0 aromatic carbocycles. The lowest BCUT2D eigenvalue weighted by Gasteiger charge is -2.06. The Hall–Kier alpha value is -1.91.